The second-order valence-corrected chi connectivity index (χ2v) is 4.29. The first-order valence-electron chi connectivity index (χ1n) is 6.56. The number of nitrogen functional groups attached to an aromatic ring is 1. The van der Waals surface area contributed by atoms with Crippen LogP contribution in [0.2, 0.25) is 0 Å². The topological polar surface area (TPSA) is 116 Å². The fourth-order valence-corrected chi connectivity index (χ4v) is 1.69. The van der Waals surface area contributed by atoms with Gasteiger partial charge in [0.05, 0.1) is 24.1 Å². The van der Waals surface area contributed by atoms with E-state index in [1.54, 1.807) is 19.9 Å². The number of hydrogen-bond acceptors (Lipinski definition) is 8. The quantitative estimate of drug-likeness (QED) is 0.762. The molecule has 0 aromatic carbocycles. The summed E-state index contributed by atoms with van der Waals surface area (Å²) in [5.41, 5.74) is 6.30. The van der Waals surface area contributed by atoms with E-state index in [1.807, 2.05) is 0 Å². The Hall–Kier alpha value is -2.64. The highest BCUT2D eigenvalue weighted by Gasteiger charge is 2.12. The first kappa shape index (κ1) is 14.8. The van der Waals surface area contributed by atoms with Gasteiger partial charge in [0.2, 0.25) is 5.89 Å². The third-order valence-electron chi connectivity index (χ3n) is 2.64. The Morgan fingerprint density at radius 1 is 1.52 bits per heavy atom. The van der Waals surface area contributed by atoms with Gasteiger partial charge in [-0.1, -0.05) is 5.16 Å². The van der Waals surface area contributed by atoms with Crippen molar-refractivity contribution in [2.24, 2.45) is 0 Å². The Balaban J connectivity index is 1.97. The van der Waals surface area contributed by atoms with Crippen molar-refractivity contribution in [3.8, 4) is 0 Å². The lowest BCUT2D eigenvalue weighted by molar-refractivity contribution is 0.0527. The van der Waals surface area contributed by atoms with Crippen molar-refractivity contribution in [3.63, 3.8) is 0 Å². The summed E-state index contributed by atoms with van der Waals surface area (Å²) in [5.74, 6) is 1.21. The van der Waals surface area contributed by atoms with Gasteiger partial charge >= 0.3 is 5.97 Å². The summed E-state index contributed by atoms with van der Waals surface area (Å²) >= 11 is 0. The van der Waals surface area contributed by atoms with Gasteiger partial charge in [0, 0.05) is 13.0 Å². The lowest BCUT2D eigenvalue weighted by Gasteiger charge is -2.08. The molecule has 21 heavy (non-hydrogen) atoms. The summed E-state index contributed by atoms with van der Waals surface area (Å²) in [7, 11) is 0. The monoisotopic (exact) mass is 291 g/mol. The van der Waals surface area contributed by atoms with Crippen LogP contribution in [0.4, 0.5) is 11.5 Å². The number of pyridine rings is 1. The van der Waals surface area contributed by atoms with E-state index in [1.165, 1.54) is 6.20 Å². The van der Waals surface area contributed by atoms with Gasteiger partial charge in [-0.3, -0.25) is 0 Å². The van der Waals surface area contributed by atoms with Crippen LogP contribution in [0.25, 0.3) is 0 Å². The molecule has 0 amide bonds. The second-order valence-electron chi connectivity index (χ2n) is 4.29. The van der Waals surface area contributed by atoms with Gasteiger partial charge < -0.3 is 20.3 Å². The van der Waals surface area contributed by atoms with Crippen LogP contribution in [0.3, 0.4) is 0 Å². The van der Waals surface area contributed by atoms with Crippen LogP contribution < -0.4 is 11.1 Å². The van der Waals surface area contributed by atoms with E-state index >= 15 is 0 Å². The van der Waals surface area contributed by atoms with E-state index in [0.29, 0.717) is 42.7 Å². The molecule has 0 radical (unpaired) electrons. The van der Waals surface area contributed by atoms with Crippen LogP contribution in [0.5, 0.6) is 0 Å². The summed E-state index contributed by atoms with van der Waals surface area (Å²) in [6.07, 6.45) is 1.98. The molecule has 3 N–H and O–H groups in total. The van der Waals surface area contributed by atoms with Crippen LogP contribution >= 0.6 is 0 Å². The molecule has 0 spiro atoms. The Labute approximate surface area is 121 Å². The average Bonchev–Trinajstić information content (AvgIpc) is 2.86. The number of ether oxygens (including phenoxy) is 1. The number of aromatic nitrogens is 3. The first-order chi connectivity index (χ1) is 10.1. The van der Waals surface area contributed by atoms with E-state index in [4.69, 9.17) is 15.0 Å². The van der Waals surface area contributed by atoms with Crippen molar-refractivity contribution >= 4 is 17.5 Å². The molecule has 0 unspecified atom stereocenters. The number of nitrogens with zero attached hydrogens (tertiary/aromatic N) is 3. The Bertz CT molecular complexity index is 626. The minimum Gasteiger partial charge on any atom is -0.462 e. The van der Waals surface area contributed by atoms with Crippen molar-refractivity contribution in [1.29, 1.82) is 0 Å². The number of hydrogen-bond donors (Lipinski definition) is 2. The molecule has 0 saturated heterocycles. The molecular formula is C13H17N5O3. The number of esters is 1. The molecule has 0 saturated carbocycles. The summed E-state index contributed by atoms with van der Waals surface area (Å²) < 4.78 is 9.93. The number of carbonyl (C=O) groups excluding carboxylic acids is 1. The number of anilines is 2. The van der Waals surface area contributed by atoms with Crippen molar-refractivity contribution in [2.45, 2.75) is 20.3 Å². The lowest BCUT2D eigenvalue weighted by Crippen LogP contribution is -2.11. The van der Waals surface area contributed by atoms with E-state index in [2.05, 4.69) is 20.4 Å². The molecule has 0 bridgehead atoms. The maximum absolute atomic E-state index is 11.7. The normalized spacial score (nSPS) is 10.4. The van der Waals surface area contributed by atoms with Crippen LogP contribution in [-0.4, -0.2) is 34.2 Å². The molecule has 112 valence electrons. The predicted octanol–water partition coefficient (Wildman–Crippen LogP) is 1.19. The molecule has 0 aliphatic rings. The molecule has 0 aliphatic heterocycles. The molecule has 0 atom stereocenters. The van der Waals surface area contributed by atoms with E-state index < -0.39 is 5.97 Å². The number of nitrogens with two attached hydrogens (primary N) is 1. The first-order valence-corrected chi connectivity index (χ1v) is 6.56. The zero-order valence-corrected chi connectivity index (χ0v) is 11.9. The molecule has 8 heteroatoms. The van der Waals surface area contributed by atoms with Gasteiger partial charge in [0.15, 0.2) is 5.82 Å². The van der Waals surface area contributed by atoms with Crippen molar-refractivity contribution < 1.29 is 14.1 Å². The van der Waals surface area contributed by atoms with Gasteiger partial charge in [0.1, 0.15) is 5.82 Å². The van der Waals surface area contributed by atoms with E-state index in [9.17, 15) is 4.79 Å². The third-order valence-corrected chi connectivity index (χ3v) is 2.64. The van der Waals surface area contributed by atoms with Gasteiger partial charge in [-0.2, -0.15) is 4.98 Å². The Kier molecular flexibility index (Phi) is 4.70. The fraction of sp³-hybridized carbons (Fsp3) is 0.385. The Morgan fingerprint density at radius 2 is 2.33 bits per heavy atom. The zero-order valence-electron chi connectivity index (χ0n) is 11.9. The van der Waals surface area contributed by atoms with E-state index in [0.717, 1.165) is 0 Å². The lowest BCUT2D eigenvalue weighted by atomic mass is 10.2. The second kappa shape index (κ2) is 6.69. The number of rotatable bonds is 6. The SMILES string of the molecule is CCOC(=O)c1cc(NCCc2nc(C)no2)ncc1N. The summed E-state index contributed by atoms with van der Waals surface area (Å²) in [4.78, 5) is 19.9. The fourth-order valence-electron chi connectivity index (χ4n) is 1.69. The van der Waals surface area contributed by atoms with Crippen molar-refractivity contribution in [2.75, 3.05) is 24.2 Å². The standard InChI is InChI=1S/C13H17N5O3/c1-3-20-13(19)9-6-11(16-7-10(9)14)15-5-4-12-17-8(2)18-21-12/h6-7H,3-5,14H2,1-2H3,(H,15,16). The van der Waals surface area contributed by atoms with Crippen LogP contribution in [0.15, 0.2) is 16.8 Å². The minimum atomic E-state index is -0.465. The zero-order chi connectivity index (χ0) is 15.2. The molecular weight excluding hydrogens is 274 g/mol. The molecule has 8 nitrogen and oxygen atoms in total. The van der Waals surface area contributed by atoms with Gasteiger partial charge in [-0.15, -0.1) is 0 Å². The highest BCUT2D eigenvalue weighted by molar-refractivity contribution is 5.95. The van der Waals surface area contributed by atoms with Crippen LogP contribution in [0.1, 0.15) is 29.0 Å². The highest BCUT2D eigenvalue weighted by Crippen LogP contribution is 2.16. The molecule has 0 fully saturated rings. The summed E-state index contributed by atoms with van der Waals surface area (Å²) in [5, 5.41) is 6.77. The van der Waals surface area contributed by atoms with Gasteiger partial charge in [-0.25, -0.2) is 9.78 Å². The molecule has 2 aromatic rings. The molecule has 2 rings (SSSR count). The van der Waals surface area contributed by atoms with Crippen molar-refractivity contribution in [1.82, 2.24) is 15.1 Å². The summed E-state index contributed by atoms with van der Waals surface area (Å²) in [6.45, 7) is 4.33. The van der Waals surface area contributed by atoms with Crippen LogP contribution in [-0.2, 0) is 11.2 Å². The number of carbonyl (C=O) groups is 1. The number of nitrogens with one attached hydrogen (secondary N) is 1. The maximum atomic E-state index is 11.7. The summed E-state index contributed by atoms with van der Waals surface area (Å²) in [6, 6.07) is 1.56. The van der Waals surface area contributed by atoms with Gasteiger partial charge in [0.25, 0.3) is 0 Å². The average molecular weight is 291 g/mol. The van der Waals surface area contributed by atoms with Crippen molar-refractivity contribution in [3.05, 3.63) is 29.5 Å². The Morgan fingerprint density at radius 3 is 3.00 bits per heavy atom. The maximum Gasteiger partial charge on any atom is 0.340 e. The van der Waals surface area contributed by atoms with Crippen LogP contribution in [0, 0.1) is 6.92 Å². The molecule has 0 aliphatic carbocycles. The number of aryl methyl sites for hydroxylation is 1. The largest absolute Gasteiger partial charge is 0.462 e. The van der Waals surface area contributed by atoms with E-state index in [-0.39, 0.29) is 5.69 Å². The third kappa shape index (κ3) is 3.91. The van der Waals surface area contributed by atoms with Gasteiger partial charge in [-0.05, 0) is 19.9 Å². The highest BCUT2D eigenvalue weighted by atomic mass is 16.5. The predicted molar refractivity (Wildman–Crippen MR) is 75.8 cm³/mol. The molecule has 2 aromatic heterocycles. The smallest absolute Gasteiger partial charge is 0.340 e. The molecule has 2 heterocycles. The minimum absolute atomic E-state index is 0.284.